The smallest absolute Gasteiger partial charge is 0.274 e. The molecule has 0 amide bonds. The highest BCUT2D eigenvalue weighted by atomic mass is 16.5. The fourth-order valence-electron chi connectivity index (χ4n) is 3.36. The Morgan fingerprint density at radius 2 is 1.72 bits per heavy atom. The number of fused-ring (bicyclic) bond motifs is 1. The summed E-state index contributed by atoms with van der Waals surface area (Å²) in [5, 5.41) is 15.0. The van der Waals surface area contributed by atoms with Crippen LogP contribution in [0, 0.1) is 6.92 Å². The zero-order valence-corrected chi connectivity index (χ0v) is 16.2. The second-order valence-electron chi connectivity index (χ2n) is 7.05. The number of rotatable bonds is 7. The van der Waals surface area contributed by atoms with Gasteiger partial charge in [0.25, 0.3) is 5.56 Å². The number of aryl methyl sites for hydroxylation is 1. The largest absolute Gasteiger partial charge is 0.389 e. The van der Waals surface area contributed by atoms with E-state index >= 15 is 0 Å². The van der Waals surface area contributed by atoms with Crippen LogP contribution in [0.1, 0.15) is 11.3 Å². The number of aromatic nitrogens is 3. The van der Waals surface area contributed by atoms with Crippen molar-refractivity contribution in [2.75, 3.05) is 6.61 Å². The number of hydrogen-bond donors (Lipinski definition) is 1. The lowest BCUT2D eigenvalue weighted by Crippen LogP contribution is -2.27. The molecule has 148 valence electrons. The number of nitrogens with zero attached hydrogens (tertiary/aromatic N) is 3. The van der Waals surface area contributed by atoms with Gasteiger partial charge >= 0.3 is 0 Å². The van der Waals surface area contributed by atoms with Gasteiger partial charge in [-0.1, -0.05) is 60.7 Å². The molecule has 1 N–H and O–H groups in total. The maximum absolute atomic E-state index is 12.4. The SMILES string of the molecule is Cc1cc(=O)n2nc(-c3ccccc3)cc2n1C[C@H](O)COCc1ccccc1. The summed E-state index contributed by atoms with van der Waals surface area (Å²) < 4.78 is 8.94. The van der Waals surface area contributed by atoms with Crippen molar-refractivity contribution in [1.82, 2.24) is 14.2 Å². The highest BCUT2D eigenvalue weighted by Gasteiger charge is 2.14. The third kappa shape index (κ3) is 4.29. The Bertz CT molecular complexity index is 1150. The van der Waals surface area contributed by atoms with Crippen LogP contribution in [0.3, 0.4) is 0 Å². The van der Waals surface area contributed by atoms with Crippen LogP contribution in [0.5, 0.6) is 0 Å². The molecule has 4 aromatic rings. The Kier molecular flexibility index (Phi) is 5.55. The minimum atomic E-state index is -0.709. The molecule has 0 unspecified atom stereocenters. The van der Waals surface area contributed by atoms with Crippen molar-refractivity contribution < 1.29 is 9.84 Å². The highest BCUT2D eigenvalue weighted by molar-refractivity contribution is 5.64. The fourth-order valence-corrected chi connectivity index (χ4v) is 3.36. The molecule has 0 radical (unpaired) electrons. The average Bonchev–Trinajstić information content (AvgIpc) is 3.19. The Labute approximate surface area is 168 Å². The van der Waals surface area contributed by atoms with Gasteiger partial charge in [-0.3, -0.25) is 4.79 Å². The van der Waals surface area contributed by atoms with Crippen LogP contribution in [-0.4, -0.2) is 32.0 Å². The minimum absolute atomic E-state index is 0.189. The quantitative estimate of drug-likeness (QED) is 0.528. The van der Waals surface area contributed by atoms with Gasteiger partial charge in [0.15, 0.2) is 0 Å². The van der Waals surface area contributed by atoms with E-state index in [1.165, 1.54) is 10.6 Å². The zero-order chi connectivity index (χ0) is 20.2. The molecule has 0 spiro atoms. The van der Waals surface area contributed by atoms with E-state index in [0.717, 1.165) is 22.5 Å². The molecule has 0 aliphatic carbocycles. The summed E-state index contributed by atoms with van der Waals surface area (Å²) in [7, 11) is 0. The normalized spacial score (nSPS) is 12.3. The van der Waals surface area contributed by atoms with Crippen molar-refractivity contribution in [3.8, 4) is 11.3 Å². The van der Waals surface area contributed by atoms with E-state index in [9.17, 15) is 9.90 Å². The molecule has 1 atom stereocenters. The van der Waals surface area contributed by atoms with Crippen LogP contribution in [0.15, 0.2) is 77.6 Å². The summed E-state index contributed by atoms with van der Waals surface area (Å²) >= 11 is 0. The first kappa shape index (κ1) is 19.1. The minimum Gasteiger partial charge on any atom is -0.389 e. The van der Waals surface area contributed by atoms with Crippen LogP contribution in [0.25, 0.3) is 16.9 Å². The predicted molar refractivity (Wildman–Crippen MR) is 112 cm³/mol. The molecule has 6 nitrogen and oxygen atoms in total. The summed E-state index contributed by atoms with van der Waals surface area (Å²) in [5.41, 5.74) is 3.94. The first-order valence-electron chi connectivity index (χ1n) is 9.57. The summed E-state index contributed by atoms with van der Waals surface area (Å²) in [5.74, 6) is 0. The molecule has 0 fully saturated rings. The maximum atomic E-state index is 12.4. The van der Waals surface area contributed by atoms with Crippen molar-refractivity contribution in [2.45, 2.75) is 26.2 Å². The molecule has 2 heterocycles. The van der Waals surface area contributed by atoms with Crippen molar-refractivity contribution in [2.24, 2.45) is 0 Å². The Hall–Kier alpha value is -3.22. The third-order valence-electron chi connectivity index (χ3n) is 4.82. The Morgan fingerprint density at radius 1 is 1.03 bits per heavy atom. The molecule has 0 saturated carbocycles. The van der Waals surface area contributed by atoms with E-state index in [1.54, 1.807) is 0 Å². The maximum Gasteiger partial charge on any atom is 0.274 e. The second-order valence-corrected chi connectivity index (χ2v) is 7.05. The van der Waals surface area contributed by atoms with E-state index in [2.05, 4.69) is 5.10 Å². The van der Waals surface area contributed by atoms with Gasteiger partial charge in [-0.25, -0.2) is 0 Å². The Morgan fingerprint density at radius 3 is 2.45 bits per heavy atom. The van der Waals surface area contributed by atoms with Crippen LogP contribution in [0.2, 0.25) is 0 Å². The summed E-state index contributed by atoms with van der Waals surface area (Å²) in [6.45, 7) is 2.81. The van der Waals surface area contributed by atoms with Crippen molar-refractivity contribution in [3.63, 3.8) is 0 Å². The second kappa shape index (κ2) is 8.43. The van der Waals surface area contributed by atoms with Gasteiger partial charge in [-0.2, -0.15) is 9.61 Å². The zero-order valence-electron chi connectivity index (χ0n) is 16.2. The van der Waals surface area contributed by atoms with E-state index in [4.69, 9.17) is 4.74 Å². The first-order valence-corrected chi connectivity index (χ1v) is 9.57. The van der Waals surface area contributed by atoms with Crippen LogP contribution in [0.4, 0.5) is 0 Å². The van der Waals surface area contributed by atoms with Crippen LogP contribution >= 0.6 is 0 Å². The van der Waals surface area contributed by atoms with E-state index in [1.807, 2.05) is 78.2 Å². The average molecular weight is 389 g/mol. The molecule has 6 heteroatoms. The monoisotopic (exact) mass is 389 g/mol. The van der Waals surface area contributed by atoms with E-state index in [0.29, 0.717) is 18.8 Å². The van der Waals surface area contributed by atoms with Gasteiger partial charge in [0.05, 0.1) is 31.6 Å². The molecule has 0 aliphatic rings. The predicted octanol–water partition coefficient (Wildman–Crippen LogP) is 3.05. The molecule has 2 aromatic heterocycles. The van der Waals surface area contributed by atoms with Gasteiger partial charge in [-0.05, 0) is 12.5 Å². The van der Waals surface area contributed by atoms with Crippen molar-refractivity contribution >= 4 is 5.65 Å². The Balaban J connectivity index is 1.54. The van der Waals surface area contributed by atoms with E-state index < -0.39 is 6.10 Å². The number of aliphatic hydroxyl groups is 1. The number of ether oxygens (including phenoxy) is 1. The van der Waals surface area contributed by atoms with Crippen molar-refractivity contribution in [3.05, 3.63) is 94.4 Å². The third-order valence-corrected chi connectivity index (χ3v) is 4.82. The standard InChI is InChI=1S/C23H23N3O3/c1-17-12-23(28)26-22(13-21(24-26)19-10-6-3-7-11-19)25(17)14-20(27)16-29-15-18-8-4-2-5-9-18/h2-13,20,27H,14-16H2,1H3/t20-/m0/s1. The van der Waals surface area contributed by atoms with E-state index in [-0.39, 0.29) is 12.2 Å². The molecule has 0 bridgehead atoms. The van der Waals surface area contributed by atoms with Gasteiger partial charge in [0, 0.05) is 23.4 Å². The first-order chi connectivity index (χ1) is 14.1. The molecule has 0 aliphatic heterocycles. The van der Waals surface area contributed by atoms with Crippen molar-refractivity contribution in [1.29, 1.82) is 0 Å². The summed E-state index contributed by atoms with van der Waals surface area (Å²) in [6, 6.07) is 23.0. The van der Waals surface area contributed by atoms with Gasteiger partial charge < -0.3 is 14.4 Å². The summed E-state index contributed by atoms with van der Waals surface area (Å²) in [4.78, 5) is 12.4. The molecule has 2 aromatic carbocycles. The van der Waals surface area contributed by atoms with Crippen LogP contribution < -0.4 is 5.56 Å². The molecular formula is C23H23N3O3. The number of hydrogen-bond acceptors (Lipinski definition) is 4. The topological polar surface area (TPSA) is 68.8 Å². The lowest BCUT2D eigenvalue weighted by molar-refractivity contribution is 0.0205. The molecule has 4 rings (SSSR count). The van der Waals surface area contributed by atoms with Gasteiger partial charge in [0.1, 0.15) is 5.65 Å². The van der Waals surface area contributed by atoms with Gasteiger partial charge in [-0.15, -0.1) is 0 Å². The summed E-state index contributed by atoms with van der Waals surface area (Å²) in [6.07, 6.45) is -0.709. The lowest BCUT2D eigenvalue weighted by atomic mass is 10.2. The molecule has 0 saturated heterocycles. The van der Waals surface area contributed by atoms with Crippen LogP contribution in [-0.2, 0) is 17.9 Å². The number of benzene rings is 2. The molecular weight excluding hydrogens is 366 g/mol. The van der Waals surface area contributed by atoms with Gasteiger partial charge in [0.2, 0.25) is 0 Å². The molecule has 29 heavy (non-hydrogen) atoms. The number of aliphatic hydroxyl groups excluding tert-OH is 1. The fraction of sp³-hybridized carbons (Fsp3) is 0.217. The lowest BCUT2D eigenvalue weighted by Gasteiger charge is -2.17. The highest BCUT2D eigenvalue weighted by Crippen LogP contribution is 2.19.